The molecular formula is C8H21N3O2Si. The van der Waals surface area contributed by atoms with Gasteiger partial charge in [-0.15, -0.1) is 0 Å². The van der Waals surface area contributed by atoms with Crippen LogP contribution in [-0.4, -0.2) is 60.1 Å². The van der Waals surface area contributed by atoms with E-state index in [2.05, 4.69) is 22.3 Å². The molecule has 1 aliphatic rings. The van der Waals surface area contributed by atoms with Crippen LogP contribution >= 0.6 is 0 Å². The van der Waals surface area contributed by atoms with Gasteiger partial charge in [0.05, 0.1) is 6.17 Å². The van der Waals surface area contributed by atoms with Gasteiger partial charge >= 0.3 is 8.56 Å². The fourth-order valence-electron chi connectivity index (χ4n) is 1.31. The predicted molar refractivity (Wildman–Crippen MR) is 58.1 cm³/mol. The highest BCUT2D eigenvalue weighted by Gasteiger charge is 2.29. The second-order valence-electron chi connectivity index (χ2n) is 3.61. The summed E-state index contributed by atoms with van der Waals surface area (Å²) in [7, 11) is 1.48. The van der Waals surface area contributed by atoms with Crippen LogP contribution in [0.3, 0.4) is 0 Å². The summed E-state index contributed by atoms with van der Waals surface area (Å²) in [4.78, 5) is 0. The van der Waals surface area contributed by atoms with Gasteiger partial charge in [-0.05, 0) is 6.55 Å². The van der Waals surface area contributed by atoms with E-state index in [-0.39, 0.29) is 0 Å². The standard InChI is InChI=1S/C8H21N3O2Si/c1-12-14(3,13-2)8-10-11-6-4-9-5-7-11/h9-10H,4-8H2,1-3H3. The molecule has 0 atom stereocenters. The normalized spacial score (nSPS) is 19.9. The number of piperazine rings is 1. The lowest BCUT2D eigenvalue weighted by Gasteiger charge is -2.31. The molecule has 1 saturated heterocycles. The first kappa shape index (κ1) is 12.1. The molecule has 0 bridgehead atoms. The average Bonchev–Trinajstić information content (AvgIpc) is 2.27. The molecule has 0 unspecified atom stereocenters. The van der Waals surface area contributed by atoms with Crippen LogP contribution in [0.1, 0.15) is 0 Å². The van der Waals surface area contributed by atoms with Crippen molar-refractivity contribution in [1.82, 2.24) is 15.8 Å². The smallest absolute Gasteiger partial charge is 0.350 e. The zero-order chi connectivity index (χ0) is 10.4. The minimum absolute atomic E-state index is 0.806. The van der Waals surface area contributed by atoms with E-state index in [4.69, 9.17) is 8.85 Å². The molecule has 0 saturated carbocycles. The number of nitrogens with one attached hydrogen (secondary N) is 2. The maximum atomic E-state index is 5.39. The molecule has 1 heterocycles. The Morgan fingerprint density at radius 3 is 2.36 bits per heavy atom. The third-order valence-corrected chi connectivity index (χ3v) is 5.13. The van der Waals surface area contributed by atoms with Crippen molar-refractivity contribution < 1.29 is 8.85 Å². The van der Waals surface area contributed by atoms with Crippen LogP contribution in [0.25, 0.3) is 0 Å². The summed E-state index contributed by atoms with van der Waals surface area (Å²) in [5.41, 5.74) is 3.37. The summed E-state index contributed by atoms with van der Waals surface area (Å²) in [5.74, 6) is 0. The van der Waals surface area contributed by atoms with Gasteiger partial charge in [-0.1, -0.05) is 0 Å². The largest absolute Gasteiger partial charge is 0.397 e. The first-order chi connectivity index (χ1) is 6.70. The Balaban J connectivity index is 2.23. The molecule has 14 heavy (non-hydrogen) atoms. The second-order valence-corrected chi connectivity index (χ2v) is 7.05. The van der Waals surface area contributed by atoms with Gasteiger partial charge in [-0.3, -0.25) is 5.43 Å². The highest BCUT2D eigenvalue weighted by molar-refractivity contribution is 6.66. The highest BCUT2D eigenvalue weighted by Crippen LogP contribution is 2.02. The second kappa shape index (κ2) is 5.79. The summed E-state index contributed by atoms with van der Waals surface area (Å²) in [6.07, 6.45) is 0.806. The Hall–Kier alpha value is 0.0169. The Labute approximate surface area is 87.0 Å². The highest BCUT2D eigenvalue weighted by atomic mass is 28.4. The summed E-state index contributed by atoms with van der Waals surface area (Å²) < 4.78 is 10.8. The van der Waals surface area contributed by atoms with Gasteiger partial charge in [0, 0.05) is 40.4 Å². The van der Waals surface area contributed by atoms with Crippen LogP contribution < -0.4 is 10.7 Å². The van der Waals surface area contributed by atoms with Crippen molar-refractivity contribution >= 4 is 8.56 Å². The van der Waals surface area contributed by atoms with Gasteiger partial charge in [0.1, 0.15) is 0 Å². The lowest BCUT2D eigenvalue weighted by molar-refractivity contribution is 0.159. The van der Waals surface area contributed by atoms with Crippen LogP contribution in [0.5, 0.6) is 0 Å². The molecule has 0 amide bonds. The maximum absolute atomic E-state index is 5.39. The fourth-order valence-corrected chi connectivity index (χ4v) is 2.27. The molecule has 0 aromatic carbocycles. The third kappa shape index (κ3) is 3.64. The zero-order valence-corrected chi connectivity index (χ0v) is 10.3. The first-order valence-electron chi connectivity index (χ1n) is 5.00. The van der Waals surface area contributed by atoms with E-state index >= 15 is 0 Å². The summed E-state index contributed by atoms with van der Waals surface area (Å²) in [5, 5.41) is 5.53. The lowest BCUT2D eigenvalue weighted by atomic mass is 10.4. The Bertz CT molecular complexity index is 161. The Morgan fingerprint density at radius 1 is 1.29 bits per heavy atom. The average molecular weight is 219 g/mol. The van der Waals surface area contributed by atoms with Crippen molar-refractivity contribution in [2.24, 2.45) is 0 Å². The molecule has 0 aromatic rings. The molecule has 1 fully saturated rings. The SMILES string of the molecule is CO[Si](C)(CNN1CCNCC1)OC. The van der Waals surface area contributed by atoms with Crippen molar-refractivity contribution in [3.8, 4) is 0 Å². The third-order valence-electron chi connectivity index (χ3n) is 2.60. The number of hydrogen-bond acceptors (Lipinski definition) is 5. The Kier molecular flexibility index (Phi) is 5.00. The predicted octanol–water partition coefficient (Wildman–Crippen LogP) is -0.700. The van der Waals surface area contributed by atoms with Gasteiger partial charge in [0.2, 0.25) is 0 Å². The summed E-state index contributed by atoms with van der Waals surface area (Å²) in [6, 6.07) is 0. The van der Waals surface area contributed by atoms with Crippen LogP contribution in [0.4, 0.5) is 0 Å². The van der Waals surface area contributed by atoms with Gasteiger partial charge < -0.3 is 14.2 Å². The molecule has 0 aliphatic carbocycles. The van der Waals surface area contributed by atoms with Crippen molar-refractivity contribution in [2.75, 3.05) is 46.6 Å². The van der Waals surface area contributed by atoms with Gasteiger partial charge in [0.15, 0.2) is 0 Å². The minimum Gasteiger partial charge on any atom is -0.397 e. The van der Waals surface area contributed by atoms with Crippen LogP contribution in [-0.2, 0) is 8.85 Å². The van der Waals surface area contributed by atoms with Gasteiger partial charge in [0.25, 0.3) is 0 Å². The molecule has 5 nitrogen and oxygen atoms in total. The first-order valence-corrected chi connectivity index (χ1v) is 7.52. The molecule has 0 spiro atoms. The number of nitrogens with zero attached hydrogens (tertiary/aromatic N) is 1. The molecule has 1 aliphatic heterocycles. The summed E-state index contributed by atoms with van der Waals surface area (Å²) in [6.45, 7) is 6.23. The number of hydrogen-bond donors (Lipinski definition) is 2. The van der Waals surface area contributed by atoms with E-state index in [0.717, 1.165) is 32.3 Å². The van der Waals surface area contributed by atoms with E-state index < -0.39 is 8.56 Å². The van der Waals surface area contributed by atoms with E-state index in [9.17, 15) is 0 Å². The van der Waals surface area contributed by atoms with Gasteiger partial charge in [-0.2, -0.15) is 0 Å². The quantitative estimate of drug-likeness (QED) is 0.599. The molecule has 0 radical (unpaired) electrons. The lowest BCUT2D eigenvalue weighted by Crippen LogP contribution is -2.56. The molecule has 0 aromatic heterocycles. The topological polar surface area (TPSA) is 45.8 Å². The fraction of sp³-hybridized carbons (Fsp3) is 1.00. The molecule has 84 valence electrons. The summed E-state index contributed by atoms with van der Waals surface area (Å²) >= 11 is 0. The molecular weight excluding hydrogens is 198 g/mol. The molecule has 1 rings (SSSR count). The number of hydrazine groups is 1. The van der Waals surface area contributed by atoms with Crippen LogP contribution in [0.2, 0.25) is 6.55 Å². The monoisotopic (exact) mass is 219 g/mol. The van der Waals surface area contributed by atoms with Crippen molar-refractivity contribution in [3.05, 3.63) is 0 Å². The van der Waals surface area contributed by atoms with Gasteiger partial charge in [-0.25, -0.2) is 5.01 Å². The van der Waals surface area contributed by atoms with Crippen molar-refractivity contribution in [3.63, 3.8) is 0 Å². The Morgan fingerprint density at radius 2 is 1.86 bits per heavy atom. The van der Waals surface area contributed by atoms with E-state index in [1.807, 2.05) is 0 Å². The number of rotatable bonds is 5. The van der Waals surface area contributed by atoms with E-state index in [1.165, 1.54) is 0 Å². The van der Waals surface area contributed by atoms with E-state index in [0.29, 0.717) is 0 Å². The van der Waals surface area contributed by atoms with Crippen molar-refractivity contribution in [1.29, 1.82) is 0 Å². The van der Waals surface area contributed by atoms with Crippen molar-refractivity contribution in [2.45, 2.75) is 6.55 Å². The molecule has 2 N–H and O–H groups in total. The zero-order valence-electron chi connectivity index (χ0n) is 9.30. The van der Waals surface area contributed by atoms with Crippen LogP contribution in [0.15, 0.2) is 0 Å². The van der Waals surface area contributed by atoms with Crippen LogP contribution in [0, 0.1) is 0 Å². The van der Waals surface area contributed by atoms with E-state index in [1.54, 1.807) is 14.2 Å². The maximum Gasteiger partial charge on any atom is 0.350 e. The molecule has 6 heteroatoms. The minimum atomic E-state index is -1.95.